The highest BCUT2D eigenvalue weighted by atomic mass is 16.6. The minimum Gasteiger partial charge on any atom is -0.444 e. The normalized spacial score (nSPS) is 10.3. The molecule has 0 aliphatic carbocycles. The number of benzene rings is 1. The second-order valence-corrected chi connectivity index (χ2v) is 5.42. The van der Waals surface area contributed by atoms with Crippen molar-refractivity contribution in [2.24, 2.45) is 0 Å². The minimum atomic E-state index is -0.560. The van der Waals surface area contributed by atoms with Crippen LogP contribution in [0.2, 0.25) is 0 Å². The van der Waals surface area contributed by atoms with E-state index >= 15 is 0 Å². The molecule has 21 heavy (non-hydrogen) atoms. The molecule has 0 aromatic heterocycles. The number of amides is 1. The number of hydrogen-bond donors (Lipinski definition) is 1. The molecule has 0 atom stereocenters. The van der Waals surface area contributed by atoms with Crippen LogP contribution in [0.25, 0.3) is 0 Å². The third-order valence-electron chi connectivity index (χ3n) is 2.36. The first-order valence-corrected chi connectivity index (χ1v) is 6.40. The molecule has 112 valence electrons. The zero-order valence-corrected chi connectivity index (χ0v) is 12.5. The molecule has 0 fully saturated rings. The average Bonchev–Trinajstić information content (AvgIpc) is 2.34. The Morgan fingerprint density at radius 2 is 2.10 bits per heavy atom. The monoisotopic (exact) mass is 290 g/mol. The van der Waals surface area contributed by atoms with Gasteiger partial charge in [-0.25, -0.2) is 4.79 Å². The molecule has 1 amide bonds. The van der Waals surface area contributed by atoms with Crippen LogP contribution in [-0.4, -0.2) is 23.2 Å². The number of ether oxygens (including phenoxy) is 1. The summed E-state index contributed by atoms with van der Waals surface area (Å²) in [5.41, 5.74) is 0.576. The Morgan fingerprint density at radius 1 is 1.43 bits per heavy atom. The van der Waals surface area contributed by atoms with Crippen LogP contribution in [0, 0.1) is 28.9 Å². The van der Waals surface area contributed by atoms with Crippen LogP contribution in [-0.2, 0) is 4.74 Å². The molecule has 6 heteroatoms. The maximum absolute atomic E-state index is 11.4. The van der Waals surface area contributed by atoms with Crippen molar-refractivity contribution in [3.63, 3.8) is 0 Å². The fourth-order valence-corrected chi connectivity index (χ4v) is 1.46. The van der Waals surface area contributed by atoms with Gasteiger partial charge in [-0.05, 0) is 33.8 Å². The summed E-state index contributed by atoms with van der Waals surface area (Å²) in [6, 6.07) is 4.75. The van der Waals surface area contributed by atoms with Crippen molar-refractivity contribution < 1.29 is 14.5 Å². The summed E-state index contributed by atoms with van der Waals surface area (Å²) in [5, 5.41) is 13.3. The lowest BCUT2D eigenvalue weighted by atomic mass is 10.1. The second kappa shape index (κ2) is 6.75. The number of nitro groups is 1. The first kappa shape index (κ1) is 16.5. The van der Waals surface area contributed by atoms with E-state index in [4.69, 9.17) is 4.74 Å². The Balaban J connectivity index is 2.62. The lowest BCUT2D eigenvalue weighted by molar-refractivity contribution is -0.385. The highest BCUT2D eigenvalue weighted by Gasteiger charge is 2.15. The molecule has 0 radical (unpaired) electrons. The quantitative estimate of drug-likeness (QED) is 0.516. The summed E-state index contributed by atoms with van der Waals surface area (Å²) in [6.45, 7) is 7.08. The van der Waals surface area contributed by atoms with Crippen LogP contribution in [0.1, 0.15) is 31.9 Å². The molecule has 0 spiro atoms. The fourth-order valence-electron chi connectivity index (χ4n) is 1.46. The van der Waals surface area contributed by atoms with Gasteiger partial charge in [-0.1, -0.05) is 17.9 Å². The van der Waals surface area contributed by atoms with Gasteiger partial charge in [0.1, 0.15) is 5.60 Å². The number of aryl methyl sites for hydroxylation is 1. The number of alkyl carbamates (subject to hydrolysis) is 1. The Labute approximate surface area is 123 Å². The predicted octanol–water partition coefficient (Wildman–Crippen LogP) is 2.78. The number of nitrogens with one attached hydrogen (secondary N) is 1. The molecule has 0 bridgehead atoms. The molecule has 0 aliphatic heterocycles. The van der Waals surface area contributed by atoms with E-state index in [2.05, 4.69) is 17.2 Å². The lowest BCUT2D eigenvalue weighted by Gasteiger charge is -2.18. The van der Waals surface area contributed by atoms with E-state index < -0.39 is 16.6 Å². The summed E-state index contributed by atoms with van der Waals surface area (Å²) in [5.74, 6) is 5.48. The van der Waals surface area contributed by atoms with E-state index in [1.165, 1.54) is 6.07 Å². The molecule has 1 aromatic rings. The van der Waals surface area contributed by atoms with Gasteiger partial charge in [-0.2, -0.15) is 0 Å². The largest absolute Gasteiger partial charge is 0.444 e. The number of rotatable bonds is 2. The van der Waals surface area contributed by atoms with E-state index in [0.29, 0.717) is 11.1 Å². The summed E-state index contributed by atoms with van der Waals surface area (Å²) in [6.07, 6.45) is -0.549. The van der Waals surface area contributed by atoms with Crippen LogP contribution in [0.5, 0.6) is 0 Å². The van der Waals surface area contributed by atoms with Crippen LogP contribution < -0.4 is 5.32 Å². The molecule has 1 N–H and O–H groups in total. The SMILES string of the molecule is Cc1ccc(C#CCNC(=O)OC(C)(C)C)cc1[N+](=O)[O-]. The molecular formula is C15H18N2O4. The fraction of sp³-hybridized carbons (Fsp3) is 0.400. The summed E-state index contributed by atoms with van der Waals surface area (Å²) < 4.78 is 5.05. The van der Waals surface area contributed by atoms with Crippen molar-refractivity contribution in [3.05, 3.63) is 39.4 Å². The number of carbonyl (C=O) groups is 1. The van der Waals surface area contributed by atoms with Crippen LogP contribution >= 0.6 is 0 Å². The summed E-state index contributed by atoms with van der Waals surface area (Å²) >= 11 is 0. The van der Waals surface area contributed by atoms with Crippen molar-refractivity contribution in [1.29, 1.82) is 0 Å². The van der Waals surface area contributed by atoms with E-state index in [1.54, 1.807) is 39.8 Å². The van der Waals surface area contributed by atoms with E-state index in [-0.39, 0.29) is 12.2 Å². The number of hydrogen-bond acceptors (Lipinski definition) is 4. The molecule has 0 saturated carbocycles. The standard InChI is InChI=1S/C15H18N2O4/c1-11-7-8-12(10-13(11)17(19)20)6-5-9-16-14(18)21-15(2,3)4/h7-8,10H,9H2,1-4H3,(H,16,18). The molecule has 0 aliphatic rings. The first-order chi connectivity index (χ1) is 9.69. The molecule has 6 nitrogen and oxygen atoms in total. The number of nitro benzene ring substituents is 1. The maximum Gasteiger partial charge on any atom is 0.408 e. The third-order valence-corrected chi connectivity index (χ3v) is 2.36. The number of carbonyl (C=O) groups excluding carboxylic acids is 1. The van der Waals surface area contributed by atoms with Crippen molar-refractivity contribution in [3.8, 4) is 11.8 Å². The summed E-state index contributed by atoms with van der Waals surface area (Å²) in [7, 11) is 0. The molecule has 1 aromatic carbocycles. The van der Waals surface area contributed by atoms with Gasteiger partial charge in [0, 0.05) is 17.2 Å². The minimum absolute atomic E-state index is 0.0295. The Bertz CT molecular complexity index is 606. The van der Waals surface area contributed by atoms with Gasteiger partial charge >= 0.3 is 6.09 Å². The van der Waals surface area contributed by atoms with Gasteiger partial charge in [-0.3, -0.25) is 10.1 Å². The van der Waals surface area contributed by atoms with Crippen molar-refractivity contribution in [2.45, 2.75) is 33.3 Å². The van der Waals surface area contributed by atoms with Crippen LogP contribution in [0.15, 0.2) is 18.2 Å². The van der Waals surface area contributed by atoms with Gasteiger partial charge in [0.2, 0.25) is 0 Å². The highest BCUT2D eigenvalue weighted by Crippen LogP contribution is 2.18. The van der Waals surface area contributed by atoms with E-state index in [1.807, 2.05) is 0 Å². The predicted molar refractivity (Wildman–Crippen MR) is 78.9 cm³/mol. The van der Waals surface area contributed by atoms with Gasteiger partial charge in [0.15, 0.2) is 0 Å². The molecule has 0 unspecified atom stereocenters. The zero-order valence-electron chi connectivity index (χ0n) is 12.5. The molecule has 0 heterocycles. The zero-order chi connectivity index (χ0) is 16.0. The smallest absolute Gasteiger partial charge is 0.408 e. The van der Waals surface area contributed by atoms with Crippen LogP contribution in [0.4, 0.5) is 10.5 Å². The first-order valence-electron chi connectivity index (χ1n) is 6.40. The van der Waals surface area contributed by atoms with Gasteiger partial charge in [-0.15, -0.1) is 0 Å². The second-order valence-electron chi connectivity index (χ2n) is 5.42. The Morgan fingerprint density at radius 3 is 2.67 bits per heavy atom. The van der Waals surface area contributed by atoms with Gasteiger partial charge in [0.05, 0.1) is 11.5 Å². The van der Waals surface area contributed by atoms with Crippen molar-refractivity contribution in [2.75, 3.05) is 6.54 Å². The van der Waals surface area contributed by atoms with Crippen molar-refractivity contribution in [1.82, 2.24) is 5.32 Å². The van der Waals surface area contributed by atoms with Gasteiger partial charge in [0.25, 0.3) is 5.69 Å². The Kier molecular flexibility index (Phi) is 5.30. The van der Waals surface area contributed by atoms with Gasteiger partial charge < -0.3 is 10.1 Å². The maximum atomic E-state index is 11.4. The molecule has 0 saturated heterocycles. The molecular weight excluding hydrogens is 272 g/mol. The van der Waals surface area contributed by atoms with Crippen molar-refractivity contribution >= 4 is 11.8 Å². The Hall–Kier alpha value is -2.55. The number of nitrogens with zero attached hydrogens (tertiary/aromatic N) is 1. The average molecular weight is 290 g/mol. The molecule has 1 rings (SSSR count). The topological polar surface area (TPSA) is 81.5 Å². The van der Waals surface area contributed by atoms with Crippen LogP contribution in [0.3, 0.4) is 0 Å². The summed E-state index contributed by atoms with van der Waals surface area (Å²) in [4.78, 5) is 21.7. The highest BCUT2D eigenvalue weighted by molar-refractivity contribution is 5.68. The lowest BCUT2D eigenvalue weighted by Crippen LogP contribution is -2.32. The van der Waals surface area contributed by atoms with E-state index in [0.717, 1.165) is 0 Å². The third kappa shape index (κ3) is 5.95. The van der Waals surface area contributed by atoms with E-state index in [9.17, 15) is 14.9 Å².